The van der Waals surface area contributed by atoms with Crippen molar-refractivity contribution in [3.8, 4) is 0 Å². The van der Waals surface area contributed by atoms with Crippen molar-refractivity contribution >= 4 is 16.9 Å². The van der Waals surface area contributed by atoms with Crippen LogP contribution in [0, 0.1) is 6.92 Å². The van der Waals surface area contributed by atoms with Crippen LogP contribution in [0.5, 0.6) is 0 Å². The molecule has 1 aromatic heterocycles. The van der Waals surface area contributed by atoms with Gasteiger partial charge in [-0.15, -0.1) is 0 Å². The summed E-state index contributed by atoms with van der Waals surface area (Å²) in [6, 6.07) is 29.9. The fourth-order valence-electron chi connectivity index (χ4n) is 8.60. The Kier molecular flexibility index (Phi) is 7.63. The van der Waals surface area contributed by atoms with Crippen molar-refractivity contribution in [1.29, 1.82) is 0 Å². The van der Waals surface area contributed by atoms with E-state index >= 15 is 0 Å². The molecule has 5 nitrogen and oxygen atoms in total. The lowest BCUT2D eigenvalue weighted by Gasteiger charge is -2.45. The quantitative estimate of drug-likeness (QED) is 0.225. The minimum absolute atomic E-state index is 0.118. The smallest absolute Gasteiger partial charge is 0.253 e. The molecule has 2 bridgehead atoms. The highest BCUT2D eigenvalue weighted by Crippen LogP contribution is 2.45. The molecule has 1 amide bonds. The number of piperidine rings is 2. The first-order valence-electron chi connectivity index (χ1n) is 16.6. The van der Waals surface area contributed by atoms with Gasteiger partial charge in [-0.05, 0) is 105 Å². The molecule has 0 aliphatic carbocycles. The summed E-state index contributed by atoms with van der Waals surface area (Å²) >= 11 is 0. The molecule has 3 aliphatic heterocycles. The van der Waals surface area contributed by atoms with Crippen molar-refractivity contribution in [2.24, 2.45) is 0 Å². The average Bonchev–Trinajstić information content (AvgIpc) is 3.50. The molecule has 4 heterocycles. The Labute approximate surface area is 256 Å². The third-order valence-corrected chi connectivity index (χ3v) is 11.1. The van der Waals surface area contributed by atoms with Gasteiger partial charge in [0.25, 0.3) is 5.91 Å². The molecular weight excluding hydrogens is 528 g/mol. The van der Waals surface area contributed by atoms with Gasteiger partial charge in [0, 0.05) is 36.8 Å². The molecule has 4 aromatic rings. The van der Waals surface area contributed by atoms with E-state index in [1.54, 1.807) is 0 Å². The molecule has 5 heteroatoms. The Morgan fingerprint density at radius 3 is 2.19 bits per heavy atom. The largest absolute Gasteiger partial charge is 0.339 e. The van der Waals surface area contributed by atoms with Crippen molar-refractivity contribution in [1.82, 2.24) is 19.4 Å². The lowest BCUT2D eigenvalue weighted by Crippen LogP contribution is -2.49. The summed E-state index contributed by atoms with van der Waals surface area (Å²) in [5, 5.41) is 0. The van der Waals surface area contributed by atoms with E-state index in [-0.39, 0.29) is 11.3 Å². The summed E-state index contributed by atoms with van der Waals surface area (Å²) < 4.78 is 2.53. The first kappa shape index (κ1) is 28.3. The van der Waals surface area contributed by atoms with Crippen LogP contribution in [-0.4, -0.2) is 57.0 Å². The fraction of sp³-hybridized carbons (Fsp3) is 0.474. The second kappa shape index (κ2) is 11.6. The maximum Gasteiger partial charge on any atom is 0.253 e. The molecule has 0 N–H and O–H groups in total. The Balaban J connectivity index is 1.05. The summed E-state index contributed by atoms with van der Waals surface area (Å²) in [7, 11) is 0. The first-order chi connectivity index (χ1) is 20.9. The minimum atomic E-state index is 0.118. The number of carbonyl (C=O) groups is 1. The summed E-state index contributed by atoms with van der Waals surface area (Å²) in [5.74, 6) is 1.81. The van der Waals surface area contributed by atoms with Gasteiger partial charge in [0.1, 0.15) is 5.82 Å². The Morgan fingerprint density at radius 1 is 0.860 bits per heavy atom. The van der Waals surface area contributed by atoms with E-state index in [2.05, 4.69) is 102 Å². The second-order valence-electron chi connectivity index (χ2n) is 13.7. The number of para-hydroxylation sites is 2. The minimum Gasteiger partial charge on any atom is -0.339 e. The summed E-state index contributed by atoms with van der Waals surface area (Å²) in [4.78, 5) is 23.3. The highest BCUT2D eigenvalue weighted by Gasteiger charge is 2.44. The number of carbonyl (C=O) groups excluding carboxylic acids is 1. The number of aryl methyl sites for hydroxylation is 1. The van der Waals surface area contributed by atoms with Crippen molar-refractivity contribution < 1.29 is 4.79 Å². The van der Waals surface area contributed by atoms with Gasteiger partial charge in [0.2, 0.25) is 0 Å². The molecule has 3 fully saturated rings. The summed E-state index contributed by atoms with van der Waals surface area (Å²) in [6.07, 6.45) is 8.26. The Morgan fingerprint density at radius 2 is 1.51 bits per heavy atom. The van der Waals surface area contributed by atoms with Gasteiger partial charge < -0.3 is 9.47 Å². The molecule has 0 radical (unpaired) electrons. The van der Waals surface area contributed by atoms with Crippen LogP contribution in [0.3, 0.4) is 0 Å². The Bertz CT molecular complexity index is 1550. The zero-order valence-corrected chi connectivity index (χ0v) is 26.1. The number of fused-ring (bicyclic) bond motifs is 3. The van der Waals surface area contributed by atoms with E-state index in [0.717, 1.165) is 55.8 Å². The normalized spacial score (nSPS) is 23.7. The van der Waals surface area contributed by atoms with Crippen LogP contribution < -0.4 is 0 Å². The van der Waals surface area contributed by atoms with E-state index in [4.69, 9.17) is 4.98 Å². The number of hydrogen-bond donors (Lipinski definition) is 0. The number of nitrogens with zero attached hydrogens (tertiary/aromatic N) is 4. The SMILES string of the molecule is Cc1nc2ccccc2n1[C@H]1C[C@H]2CC[C@@H](C1)N2CCC1(c2ccccc2)CCN(C(=O)c2ccc(C(C)C)cc2)CC1. The molecule has 3 aliphatic rings. The summed E-state index contributed by atoms with van der Waals surface area (Å²) in [6.45, 7) is 9.35. The van der Waals surface area contributed by atoms with E-state index < -0.39 is 0 Å². The standard InChI is InChI=1S/C38H46N4O/c1-27(2)29-13-15-30(16-14-29)37(43)40-22-19-38(20-23-40,31-9-5-4-6-10-31)21-24-41-32-17-18-33(41)26-34(25-32)42-28(3)39-35-11-7-8-12-36(35)42/h4-16,27,32-34H,17-26H2,1-3H3/t32-,33+,34+. The molecule has 0 unspecified atom stereocenters. The number of rotatable bonds is 7. The number of amides is 1. The number of imidazole rings is 1. The highest BCUT2D eigenvalue weighted by molar-refractivity contribution is 5.94. The predicted molar refractivity (Wildman–Crippen MR) is 175 cm³/mol. The number of aromatic nitrogens is 2. The maximum absolute atomic E-state index is 13.5. The topological polar surface area (TPSA) is 41.4 Å². The third kappa shape index (κ3) is 5.31. The lowest BCUT2D eigenvalue weighted by molar-refractivity contribution is 0.0607. The molecule has 7 rings (SSSR count). The van der Waals surface area contributed by atoms with Crippen molar-refractivity contribution in [2.75, 3.05) is 19.6 Å². The molecule has 0 saturated carbocycles. The van der Waals surface area contributed by atoms with E-state index in [0.29, 0.717) is 24.0 Å². The predicted octanol–water partition coefficient (Wildman–Crippen LogP) is 7.90. The Hall–Kier alpha value is -3.44. The van der Waals surface area contributed by atoms with Crippen LogP contribution >= 0.6 is 0 Å². The first-order valence-corrected chi connectivity index (χ1v) is 16.6. The number of likely N-dealkylation sites (tertiary alicyclic amines) is 1. The van der Waals surface area contributed by atoms with Gasteiger partial charge in [-0.2, -0.15) is 0 Å². The fourth-order valence-corrected chi connectivity index (χ4v) is 8.60. The van der Waals surface area contributed by atoms with Gasteiger partial charge >= 0.3 is 0 Å². The highest BCUT2D eigenvalue weighted by atomic mass is 16.2. The molecule has 3 aromatic carbocycles. The van der Waals surface area contributed by atoms with Gasteiger partial charge in [0.05, 0.1) is 11.0 Å². The summed E-state index contributed by atoms with van der Waals surface area (Å²) in [5.41, 5.74) is 6.08. The maximum atomic E-state index is 13.5. The van der Waals surface area contributed by atoms with Crippen LogP contribution in [0.2, 0.25) is 0 Å². The zero-order chi connectivity index (χ0) is 29.6. The van der Waals surface area contributed by atoms with E-state index in [1.807, 2.05) is 12.1 Å². The lowest BCUT2D eigenvalue weighted by atomic mass is 9.70. The number of benzene rings is 3. The molecule has 43 heavy (non-hydrogen) atoms. The van der Waals surface area contributed by atoms with Crippen molar-refractivity contribution in [3.05, 3.63) is 101 Å². The van der Waals surface area contributed by atoms with E-state index in [1.165, 1.54) is 42.3 Å². The van der Waals surface area contributed by atoms with Gasteiger partial charge in [0.15, 0.2) is 0 Å². The van der Waals surface area contributed by atoms with Crippen LogP contribution in [0.1, 0.15) is 98.1 Å². The molecule has 0 spiro atoms. The number of hydrogen-bond acceptors (Lipinski definition) is 3. The van der Waals surface area contributed by atoms with Crippen LogP contribution in [-0.2, 0) is 5.41 Å². The second-order valence-corrected chi connectivity index (χ2v) is 13.7. The van der Waals surface area contributed by atoms with Gasteiger partial charge in [-0.25, -0.2) is 4.98 Å². The molecule has 3 saturated heterocycles. The van der Waals surface area contributed by atoms with Crippen LogP contribution in [0.25, 0.3) is 11.0 Å². The van der Waals surface area contributed by atoms with Crippen molar-refractivity contribution in [2.45, 2.75) is 95.2 Å². The van der Waals surface area contributed by atoms with Crippen molar-refractivity contribution in [3.63, 3.8) is 0 Å². The van der Waals surface area contributed by atoms with Gasteiger partial charge in [-0.1, -0.05) is 68.4 Å². The third-order valence-electron chi connectivity index (χ3n) is 11.1. The molecular formula is C38H46N4O. The average molecular weight is 575 g/mol. The van der Waals surface area contributed by atoms with Gasteiger partial charge in [-0.3, -0.25) is 9.69 Å². The van der Waals surface area contributed by atoms with Crippen LogP contribution in [0.4, 0.5) is 0 Å². The van der Waals surface area contributed by atoms with E-state index in [9.17, 15) is 4.79 Å². The molecule has 3 atom stereocenters. The monoisotopic (exact) mass is 574 g/mol. The zero-order valence-electron chi connectivity index (χ0n) is 26.1. The van der Waals surface area contributed by atoms with Crippen LogP contribution in [0.15, 0.2) is 78.9 Å². The molecule has 224 valence electrons.